The predicted molar refractivity (Wildman–Crippen MR) is 106 cm³/mol. The molecule has 0 aromatic carbocycles. The average Bonchev–Trinajstić information content (AvgIpc) is 2.70. The highest BCUT2D eigenvalue weighted by Gasteiger charge is 2.36. The zero-order valence-electron chi connectivity index (χ0n) is 15.3. The summed E-state index contributed by atoms with van der Waals surface area (Å²) in [7, 11) is 0. The van der Waals surface area contributed by atoms with Gasteiger partial charge < -0.3 is 26.1 Å². The first kappa shape index (κ1) is 17.7. The second kappa shape index (κ2) is 7.48. The van der Waals surface area contributed by atoms with Crippen LogP contribution in [0.3, 0.4) is 0 Å². The second-order valence-electron chi connectivity index (χ2n) is 7.37. The number of ether oxygens (including phenoxy) is 1. The molecule has 8 heteroatoms. The summed E-state index contributed by atoms with van der Waals surface area (Å²) in [5.41, 5.74) is 7.38. The van der Waals surface area contributed by atoms with Crippen molar-refractivity contribution in [3.8, 4) is 0 Å². The molecule has 142 valence electrons. The Bertz CT molecular complexity index is 809. The third kappa shape index (κ3) is 3.85. The maximum atomic E-state index is 7.29. The van der Waals surface area contributed by atoms with Gasteiger partial charge in [0.15, 0.2) is 0 Å². The lowest BCUT2D eigenvalue weighted by molar-refractivity contribution is -0.0210. The van der Waals surface area contributed by atoms with E-state index >= 15 is 0 Å². The highest BCUT2D eigenvalue weighted by atomic mass is 16.5. The molecule has 2 fully saturated rings. The van der Waals surface area contributed by atoms with Crippen LogP contribution in [-0.2, 0) is 4.74 Å². The monoisotopic (exact) mass is 367 g/mol. The van der Waals surface area contributed by atoms with Crippen molar-refractivity contribution in [3.63, 3.8) is 0 Å². The van der Waals surface area contributed by atoms with Crippen LogP contribution >= 0.6 is 0 Å². The minimum absolute atomic E-state index is 0.362. The molecular formula is C19H25N7O. The van der Waals surface area contributed by atoms with Crippen molar-refractivity contribution >= 4 is 29.4 Å². The van der Waals surface area contributed by atoms with Crippen LogP contribution in [0.15, 0.2) is 24.7 Å². The lowest BCUT2D eigenvalue weighted by Crippen LogP contribution is -2.44. The minimum Gasteiger partial charge on any atom is -0.398 e. The molecule has 0 amide bonds. The molecule has 1 spiro atoms. The van der Waals surface area contributed by atoms with Crippen molar-refractivity contribution in [2.45, 2.75) is 25.7 Å². The van der Waals surface area contributed by atoms with Crippen LogP contribution in [0.1, 0.15) is 31.2 Å². The standard InChI is InChI=1S/C19H25N7O/c20-10-14-11-22-16(8-15(14)21)25-17-9-18(24-13-23-17)26-5-3-19(4-6-26)2-1-7-27-12-19/h8-11,13,20H,1-7,12H2,(H3,21,22,23,24,25). The Kier molecular flexibility index (Phi) is 4.89. The number of hydrogen-bond donors (Lipinski definition) is 3. The van der Waals surface area contributed by atoms with E-state index < -0.39 is 0 Å². The zero-order chi connectivity index (χ0) is 18.7. The molecule has 4 heterocycles. The van der Waals surface area contributed by atoms with Gasteiger partial charge in [0, 0.05) is 55.5 Å². The first-order chi connectivity index (χ1) is 13.2. The van der Waals surface area contributed by atoms with Gasteiger partial charge in [-0.2, -0.15) is 0 Å². The van der Waals surface area contributed by atoms with Crippen molar-refractivity contribution in [2.24, 2.45) is 5.41 Å². The van der Waals surface area contributed by atoms with E-state index in [1.165, 1.54) is 19.1 Å². The summed E-state index contributed by atoms with van der Waals surface area (Å²) in [5, 5.41) is 10.5. The molecule has 2 aliphatic heterocycles. The summed E-state index contributed by atoms with van der Waals surface area (Å²) in [4.78, 5) is 15.3. The average molecular weight is 367 g/mol. The van der Waals surface area contributed by atoms with Crippen molar-refractivity contribution in [1.82, 2.24) is 15.0 Å². The van der Waals surface area contributed by atoms with Gasteiger partial charge in [0.1, 0.15) is 23.8 Å². The van der Waals surface area contributed by atoms with Gasteiger partial charge in [0.05, 0.1) is 6.61 Å². The van der Waals surface area contributed by atoms with E-state index in [0.717, 1.165) is 45.0 Å². The van der Waals surface area contributed by atoms with Gasteiger partial charge in [-0.3, -0.25) is 0 Å². The van der Waals surface area contributed by atoms with Gasteiger partial charge in [-0.05, 0) is 31.1 Å². The molecule has 8 nitrogen and oxygen atoms in total. The number of nitrogen functional groups attached to an aromatic ring is 1. The third-order valence-electron chi connectivity index (χ3n) is 5.58. The fourth-order valence-corrected chi connectivity index (χ4v) is 3.90. The first-order valence-corrected chi connectivity index (χ1v) is 9.35. The van der Waals surface area contributed by atoms with Crippen LogP contribution in [0.4, 0.5) is 23.1 Å². The molecule has 2 aromatic heterocycles. The molecular weight excluding hydrogens is 342 g/mol. The van der Waals surface area contributed by atoms with Crippen LogP contribution in [0, 0.1) is 10.8 Å². The van der Waals surface area contributed by atoms with Crippen LogP contribution in [0.5, 0.6) is 0 Å². The molecule has 2 saturated heterocycles. The van der Waals surface area contributed by atoms with E-state index in [2.05, 4.69) is 25.2 Å². The fourth-order valence-electron chi connectivity index (χ4n) is 3.90. The van der Waals surface area contributed by atoms with Crippen LogP contribution in [0.2, 0.25) is 0 Å². The number of hydrogen-bond acceptors (Lipinski definition) is 8. The van der Waals surface area contributed by atoms with Gasteiger partial charge in [0.25, 0.3) is 0 Å². The van der Waals surface area contributed by atoms with E-state index in [-0.39, 0.29) is 0 Å². The van der Waals surface area contributed by atoms with Gasteiger partial charge in [-0.1, -0.05) is 0 Å². The summed E-state index contributed by atoms with van der Waals surface area (Å²) in [5.74, 6) is 2.19. The summed E-state index contributed by atoms with van der Waals surface area (Å²) in [6.45, 7) is 3.78. The first-order valence-electron chi connectivity index (χ1n) is 9.35. The largest absolute Gasteiger partial charge is 0.398 e. The van der Waals surface area contributed by atoms with Crippen molar-refractivity contribution in [1.29, 1.82) is 5.41 Å². The highest BCUT2D eigenvalue weighted by molar-refractivity contribution is 5.85. The predicted octanol–water partition coefficient (Wildman–Crippen LogP) is 2.59. The van der Waals surface area contributed by atoms with Crippen LogP contribution < -0.4 is 16.0 Å². The smallest absolute Gasteiger partial charge is 0.137 e. The molecule has 4 rings (SSSR count). The van der Waals surface area contributed by atoms with Crippen molar-refractivity contribution in [2.75, 3.05) is 42.3 Å². The second-order valence-corrected chi connectivity index (χ2v) is 7.37. The molecule has 0 bridgehead atoms. The number of nitrogens with one attached hydrogen (secondary N) is 2. The Morgan fingerprint density at radius 1 is 1.15 bits per heavy atom. The van der Waals surface area contributed by atoms with Crippen molar-refractivity contribution < 1.29 is 4.74 Å². The molecule has 0 radical (unpaired) electrons. The van der Waals surface area contributed by atoms with E-state index in [9.17, 15) is 0 Å². The molecule has 2 aromatic rings. The summed E-state index contributed by atoms with van der Waals surface area (Å²) >= 11 is 0. The Balaban J connectivity index is 1.43. The molecule has 2 aliphatic rings. The molecule has 0 saturated carbocycles. The highest BCUT2D eigenvalue weighted by Crippen LogP contribution is 2.39. The number of nitrogens with two attached hydrogens (primary N) is 1. The zero-order valence-corrected chi connectivity index (χ0v) is 15.3. The van der Waals surface area contributed by atoms with E-state index in [0.29, 0.717) is 28.3 Å². The Morgan fingerprint density at radius 2 is 1.96 bits per heavy atom. The Hall–Kier alpha value is -2.74. The lowest BCUT2D eigenvalue weighted by atomic mass is 9.74. The Labute approximate surface area is 158 Å². The minimum atomic E-state index is 0.362. The van der Waals surface area contributed by atoms with E-state index in [1.807, 2.05) is 6.07 Å². The normalized spacial score (nSPS) is 19.0. The van der Waals surface area contributed by atoms with E-state index in [1.54, 1.807) is 18.6 Å². The molecule has 0 aliphatic carbocycles. The van der Waals surface area contributed by atoms with Gasteiger partial charge >= 0.3 is 0 Å². The molecule has 27 heavy (non-hydrogen) atoms. The van der Waals surface area contributed by atoms with Gasteiger partial charge in [0.2, 0.25) is 0 Å². The maximum absolute atomic E-state index is 7.29. The van der Waals surface area contributed by atoms with Gasteiger partial charge in [-0.15, -0.1) is 0 Å². The number of piperidine rings is 1. The summed E-state index contributed by atoms with van der Waals surface area (Å²) in [6, 6.07) is 3.65. The van der Waals surface area contributed by atoms with Gasteiger partial charge in [-0.25, -0.2) is 15.0 Å². The Morgan fingerprint density at radius 3 is 2.67 bits per heavy atom. The number of rotatable bonds is 4. The van der Waals surface area contributed by atoms with Crippen LogP contribution in [-0.4, -0.2) is 47.5 Å². The topological polar surface area (TPSA) is 113 Å². The third-order valence-corrected chi connectivity index (χ3v) is 5.58. The SMILES string of the molecule is N=Cc1cnc(Nc2cc(N3CCC4(CCCOC4)CC3)ncn2)cc1N. The summed E-state index contributed by atoms with van der Waals surface area (Å²) in [6.07, 6.45) is 9.07. The number of aromatic nitrogens is 3. The van der Waals surface area contributed by atoms with Crippen LogP contribution in [0.25, 0.3) is 0 Å². The lowest BCUT2D eigenvalue weighted by Gasteiger charge is -2.44. The van der Waals surface area contributed by atoms with E-state index in [4.69, 9.17) is 15.9 Å². The number of nitrogens with zero attached hydrogens (tertiary/aromatic N) is 4. The molecule has 4 N–H and O–H groups in total. The fraction of sp³-hybridized carbons (Fsp3) is 0.474. The maximum Gasteiger partial charge on any atom is 0.137 e. The molecule has 0 atom stereocenters. The van der Waals surface area contributed by atoms with Crippen molar-refractivity contribution in [3.05, 3.63) is 30.2 Å². The number of anilines is 4. The molecule has 0 unspecified atom stereocenters. The quantitative estimate of drug-likeness (QED) is 0.712. The number of pyridine rings is 1. The summed E-state index contributed by atoms with van der Waals surface area (Å²) < 4.78 is 5.73.